The SMILES string of the molecule is O=C(Nc1cc2cc(-c3ccc(NC(=O)[C@@H]4CCCN4C(O)Cc4ccccc4)cc3)[nH]c2cn1)[C@@H]1CCCN1C(=O)Cc1ccccc1. The van der Waals surface area contributed by atoms with Gasteiger partial charge in [-0.15, -0.1) is 0 Å². The number of rotatable bonds is 10. The van der Waals surface area contributed by atoms with E-state index in [0.717, 1.165) is 46.1 Å². The van der Waals surface area contributed by atoms with Gasteiger partial charge in [-0.3, -0.25) is 19.3 Å². The van der Waals surface area contributed by atoms with Crippen LogP contribution < -0.4 is 10.6 Å². The van der Waals surface area contributed by atoms with E-state index in [0.29, 0.717) is 43.9 Å². The second-order valence-corrected chi connectivity index (χ2v) is 12.9. The van der Waals surface area contributed by atoms with Crippen molar-refractivity contribution in [2.45, 2.75) is 56.8 Å². The number of fused-ring (bicyclic) bond motifs is 1. The predicted molar refractivity (Wildman–Crippen MR) is 190 cm³/mol. The quantitative estimate of drug-likeness (QED) is 0.160. The number of aromatic amines is 1. The van der Waals surface area contributed by atoms with Crippen LogP contribution in [0.25, 0.3) is 22.2 Å². The molecule has 0 spiro atoms. The summed E-state index contributed by atoms with van der Waals surface area (Å²) < 4.78 is 0. The van der Waals surface area contributed by atoms with E-state index in [1.165, 1.54) is 0 Å². The van der Waals surface area contributed by atoms with Gasteiger partial charge in [0.2, 0.25) is 17.7 Å². The van der Waals surface area contributed by atoms with Crippen molar-refractivity contribution in [3.05, 3.63) is 114 Å². The second kappa shape index (κ2) is 14.4. The fraction of sp³-hybridized carbons (Fsp3) is 0.282. The Labute approximate surface area is 285 Å². The van der Waals surface area contributed by atoms with E-state index in [9.17, 15) is 19.5 Å². The molecule has 10 heteroatoms. The van der Waals surface area contributed by atoms with Crippen LogP contribution in [0.5, 0.6) is 0 Å². The van der Waals surface area contributed by atoms with Gasteiger partial charge >= 0.3 is 0 Å². The zero-order chi connectivity index (χ0) is 33.7. The molecule has 0 radical (unpaired) electrons. The van der Waals surface area contributed by atoms with Crippen molar-refractivity contribution >= 4 is 40.1 Å². The van der Waals surface area contributed by atoms with Crippen LogP contribution in [-0.4, -0.2) is 74.0 Å². The van der Waals surface area contributed by atoms with Crippen LogP contribution in [0.15, 0.2) is 103 Å². The molecule has 2 aromatic heterocycles. The molecule has 7 rings (SSSR count). The number of hydrogen-bond acceptors (Lipinski definition) is 6. The first kappa shape index (κ1) is 32.2. The molecule has 49 heavy (non-hydrogen) atoms. The highest BCUT2D eigenvalue weighted by atomic mass is 16.3. The number of anilines is 2. The Morgan fingerprint density at radius 2 is 1.49 bits per heavy atom. The van der Waals surface area contributed by atoms with Crippen LogP contribution in [-0.2, 0) is 27.2 Å². The number of aliphatic hydroxyl groups is 1. The van der Waals surface area contributed by atoms with E-state index in [1.807, 2.05) is 102 Å². The summed E-state index contributed by atoms with van der Waals surface area (Å²) in [5, 5.41) is 17.7. The van der Waals surface area contributed by atoms with Crippen LogP contribution in [0.1, 0.15) is 36.8 Å². The van der Waals surface area contributed by atoms with Gasteiger partial charge in [-0.1, -0.05) is 72.8 Å². The van der Waals surface area contributed by atoms with Gasteiger partial charge in [0.1, 0.15) is 18.1 Å². The Hall–Kier alpha value is -5.32. The molecule has 3 amide bonds. The van der Waals surface area contributed by atoms with E-state index in [-0.39, 0.29) is 30.2 Å². The summed E-state index contributed by atoms with van der Waals surface area (Å²) in [5.41, 5.74) is 5.27. The molecule has 4 heterocycles. The lowest BCUT2D eigenvalue weighted by atomic mass is 10.1. The third kappa shape index (κ3) is 7.40. The molecule has 2 saturated heterocycles. The molecule has 5 aromatic rings. The van der Waals surface area contributed by atoms with Crippen molar-refractivity contribution < 1.29 is 19.5 Å². The van der Waals surface area contributed by atoms with E-state index >= 15 is 0 Å². The molecule has 2 aliphatic heterocycles. The maximum Gasteiger partial charge on any atom is 0.248 e. The number of nitrogens with zero attached hydrogens (tertiary/aromatic N) is 3. The summed E-state index contributed by atoms with van der Waals surface area (Å²) in [4.78, 5) is 50.9. The summed E-state index contributed by atoms with van der Waals surface area (Å²) in [7, 11) is 0. The van der Waals surface area contributed by atoms with E-state index in [2.05, 4.69) is 20.6 Å². The molecule has 0 bridgehead atoms. The van der Waals surface area contributed by atoms with Gasteiger partial charge in [0.15, 0.2) is 0 Å². The number of H-pyrrole nitrogens is 1. The first-order valence-electron chi connectivity index (χ1n) is 16.9. The minimum atomic E-state index is -0.722. The van der Waals surface area contributed by atoms with Gasteiger partial charge in [0.25, 0.3) is 0 Å². The van der Waals surface area contributed by atoms with Gasteiger partial charge in [-0.05, 0) is 66.6 Å². The summed E-state index contributed by atoms with van der Waals surface area (Å²) in [6, 6.07) is 29.9. The fourth-order valence-electron chi connectivity index (χ4n) is 7.00. The van der Waals surface area contributed by atoms with Crippen LogP contribution in [0.2, 0.25) is 0 Å². The maximum atomic E-state index is 13.3. The zero-order valence-electron chi connectivity index (χ0n) is 27.2. The molecule has 4 N–H and O–H groups in total. The molecule has 10 nitrogen and oxygen atoms in total. The summed E-state index contributed by atoms with van der Waals surface area (Å²) in [6.45, 7) is 1.25. The molecule has 1 unspecified atom stereocenters. The van der Waals surface area contributed by atoms with Crippen LogP contribution in [0, 0.1) is 0 Å². The van der Waals surface area contributed by atoms with Crippen molar-refractivity contribution in [3.8, 4) is 11.3 Å². The second-order valence-electron chi connectivity index (χ2n) is 12.9. The van der Waals surface area contributed by atoms with Crippen molar-refractivity contribution in [2.75, 3.05) is 23.7 Å². The highest BCUT2D eigenvalue weighted by Crippen LogP contribution is 2.28. The molecule has 0 saturated carbocycles. The minimum absolute atomic E-state index is 0.0498. The number of benzene rings is 3. The topological polar surface area (TPSA) is 131 Å². The van der Waals surface area contributed by atoms with E-state index < -0.39 is 12.3 Å². The molecule has 2 aliphatic rings. The van der Waals surface area contributed by atoms with Crippen molar-refractivity contribution in [1.82, 2.24) is 19.8 Å². The predicted octanol–water partition coefficient (Wildman–Crippen LogP) is 5.37. The number of carbonyl (C=O) groups excluding carboxylic acids is 3. The number of carbonyl (C=O) groups is 3. The minimum Gasteiger partial charge on any atom is -0.378 e. The highest BCUT2D eigenvalue weighted by molar-refractivity contribution is 5.99. The smallest absolute Gasteiger partial charge is 0.248 e. The van der Waals surface area contributed by atoms with Crippen LogP contribution >= 0.6 is 0 Å². The molecular weight excluding hydrogens is 616 g/mol. The summed E-state index contributed by atoms with van der Waals surface area (Å²) in [5.74, 6) is 0.0278. The average molecular weight is 657 g/mol. The number of nitrogens with one attached hydrogen (secondary N) is 3. The largest absolute Gasteiger partial charge is 0.378 e. The lowest BCUT2D eigenvalue weighted by Crippen LogP contribution is -2.46. The average Bonchev–Trinajstić information content (AvgIpc) is 3.90. The van der Waals surface area contributed by atoms with Crippen molar-refractivity contribution in [3.63, 3.8) is 0 Å². The highest BCUT2D eigenvalue weighted by Gasteiger charge is 2.35. The van der Waals surface area contributed by atoms with Gasteiger partial charge in [-0.2, -0.15) is 0 Å². The third-order valence-corrected chi connectivity index (χ3v) is 9.53. The van der Waals surface area contributed by atoms with Crippen LogP contribution in [0.4, 0.5) is 11.5 Å². The van der Waals surface area contributed by atoms with Crippen molar-refractivity contribution in [1.29, 1.82) is 0 Å². The van der Waals surface area contributed by atoms with Crippen LogP contribution in [0.3, 0.4) is 0 Å². The Bertz CT molecular complexity index is 1930. The van der Waals surface area contributed by atoms with Gasteiger partial charge in [0.05, 0.1) is 24.2 Å². The van der Waals surface area contributed by atoms with Crippen molar-refractivity contribution in [2.24, 2.45) is 0 Å². The molecular formula is C39H40N6O4. The first-order valence-corrected chi connectivity index (χ1v) is 16.9. The molecule has 0 aliphatic carbocycles. The maximum absolute atomic E-state index is 13.3. The third-order valence-electron chi connectivity index (χ3n) is 9.53. The van der Waals surface area contributed by atoms with Gasteiger partial charge in [-0.25, -0.2) is 4.98 Å². The lowest BCUT2D eigenvalue weighted by molar-refractivity contribution is -0.136. The summed E-state index contributed by atoms with van der Waals surface area (Å²) >= 11 is 0. The Morgan fingerprint density at radius 1 is 0.816 bits per heavy atom. The van der Waals surface area contributed by atoms with E-state index in [1.54, 1.807) is 11.1 Å². The molecule has 2 fully saturated rings. The normalized spacial score (nSPS) is 18.4. The summed E-state index contributed by atoms with van der Waals surface area (Å²) in [6.07, 6.45) is 4.68. The number of aliphatic hydroxyl groups excluding tert-OH is 1. The first-order chi connectivity index (χ1) is 23.9. The number of pyridine rings is 1. The Balaban J connectivity index is 0.965. The number of hydrogen-bond donors (Lipinski definition) is 4. The Morgan fingerprint density at radius 3 is 2.24 bits per heavy atom. The zero-order valence-corrected chi connectivity index (χ0v) is 27.2. The molecule has 250 valence electrons. The number of amides is 3. The molecule has 3 aromatic carbocycles. The Kier molecular flexibility index (Phi) is 9.49. The number of likely N-dealkylation sites (tertiary alicyclic amines) is 2. The number of aromatic nitrogens is 2. The van der Waals surface area contributed by atoms with Gasteiger partial charge < -0.3 is 25.6 Å². The molecule has 3 atom stereocenters. The van der Waals surface area contributed by atoms with E-state index in [4.69, 9.17) is 0 Å². The monoisotopic (exact) mass is 656 g/mol. The fourth-order valence-corrected chi connectivity index (χ4v) is 7.00. The van der Waals surface area contributed by atoms with Gasteiger partial charge in [0, 0.05) is 36.3 Å². The lowest BCUT2D eigenvalue weighted by Gasteiger charge is -2.28. The standard InChI is InChI=1S/C39H40N6O4/c46-36(21-26-9-3-1-4-10-26)44-19-7-13-33(44)38(48)41-30-17-15-28(16-18-30)31-23-29-24-35(40-25-32(29)42-31)43-39(49)34-14-8-20-45(34)37(47)22-27-11-5-2-6-12-27/h1-6,9-12,15-18,23-25,33-34,36,42,46H,7-8,13-14,19-22H2,(H,41,48)(H,40,43,49)/t33-,34-,36?/m0/s1.